The molecule has 264 valence electrons. The molecule has 6 rings (SSSR count). The Hall–Kier alpha value is -3.93. The molecule has 0 aliphatic carbocycles. The van der Waals surface area contributed by atoms with Crippen molar-refractivity contribution in [2.45, 2.75) is 44.7 Å². The number of hydrogen-bond acceptors (Lipinski definition) is 7. The van der Waals surface area contributed by atoms with Gasteiger partial charge in [0.25, 0.3) is 0 Å². The van der Waals surface area contributed by atoms with E-state index >= 15 is 0 Å². The van der Waals surface area contributed by atoms with Gasteiger partial charge in [0.1, 0.15) is 11.3 Å². The second-order valence-electron chi connectivity index (χ2n) is 13.8. The van der Waals surface area contributed by atoms with E-state index in [2.05, 4.69) is 104 Å². The molecule has 0 amide bonds. The van der Waals surface area contributed by atoms with Gasteiger partial charge >= 0.3 is 0 Å². The summed E-state index contributed by atoms with van der Waals surface area (Å²) < 4.78 is 37.7. The fourth-order valence-electron chi connectivity index (χ4n) is 7.02. The highest BCUT2D eigenvalue weighted by Crippen LogP contribution is 2.29. The minimum absolute atomic E-state index is 0.0883. The van der Waals surface area contributed by atoms with Crippen molar-refractivity contribution in [3.8, 4) is 0 Å². The monoisotopic (exact) mass is 694 g/mol. The summed E-state index contributed by atoms with van der Waals surface area (Å²) >= 11 is 0. The van der Waals surface area contributed by atoms with Gasteiger partial charge in [-0.25, -0.2) is 18.1 Å². The number of benzene rings is 3. The molecule has 3 aromatic carbocycles. The van der Waals surface area contributed by atoms with Crippen molar-refractivity contribution < 1.29 is 13.2 Å². The predicted octanol–water partition coefficient (Wildman–Crippen LogP) is 6.15. The Bertz CT molecular complexity index is 1850. The van der Waals surface area contributed by atoms with Crippen LogP contribution in [0.3, 0.4) is 0 Å². The largest absolute Gasteiger partial charge is 0.380 e. The number of imidazole rings is 1. The lowest BCUT2D eigenvalue weighted by Gasteiger charge is -2.39. The zero-order chi connectivity index (χ0) is 34.9. The summed E-state index contributed by atoms with van der Waals surface area (Å²) in [4.78, 5) is 14.1. The van der Waals surface area contributed by atoms with Crippen LogP contribution in [0.1, 0.15) is 48.8 Å². The molecule has 1 atom stereocenters. The molecule has 0 saturated carbocycles. The molecular formula is C40H50N6O3S. The first-order valence-electron chi connectivity index (χ1n) is 17.8. The first-order valence-corrected chi connectivity index (χ1v) is 19.2. The second kappa shape index (κ2) is 16.9. The van der Waals surface area contributed by atoms with Crippen LogP contribution in [0, 0.1) is 18.8 Å². The molecule has 1 fully saturated rings. The van der Waals surface area contributed by atoms with Gasteiger partial charge in [0, 0.05) is 52.0 Å². The predicted molar refractivity (Wildman–Crippen MR) is 200 cm³/mol. The molecule has 10 heteroatoms. The Morgan fingerprint density at radius 3 is 2.16 bits per heavy atom. The zero-order valence-electron chi connectivity index (χ0n) is 29.5. The van der Waals surface area contributed by atoms with Gasteiger partial charge in [0.05, 0.1) is 35.9 Å². The van der Waals surface area contributed by atoms with Crippen LogP contribution < -0.4 is 4.72 Å². The summed E-state index contributed by atoms with van der Waals surface area (Å²) in [5, 5.41) is 0. The third-order valence-corrected chi connectivity index (χ3v) is 11.0. The first-order chi connectivity index (χ1) is 24.3. The minimum Gasteiger partial charge on any atom is -0.380 e. The van der Waals surface area contributed by atoms with Gasteiger partial charge in [-0.15, -0.1) is 0 Å². The lowest BCUT2D eigenvalue weighted by atomic mass is 9.96. The number of rotatable bonds is 16. The number of nitrogens with zero attached hydrogens (tertiary/aromatic N) is 5. The number of hydrogen-bond donors (Lipinski definition) is 1. The standard InChI is InChI=1S/C40H50N6O3S/c1-31(2)26-34(27-42-50(47,48)37-16-14-33(15-17-37)29-46-32(3)43-38-28-41-19-18-39(38)46)30-49-25-24-44-20-22-45(23-21-44)40(35-10-6-4-7-11-35)36-12-8-5-9-13-36/h4-19,28,31,34,40,42H,20-27,29-30H2,1-3H3/t34-/m0/s1. The van der Waals surface area contributed by atoms with E-state index in [0.29, 0.717) is 32.2 Å². The lowest BCUT2D eigenvalue weighted by Crippen LogP contribution is -2.48. The van der Waals surface area contributed by atoms with E-state index in [0.717, 1.165) is 61.6 Å². The average Bonchev–Trinajstić information content (AvgIpc) is 3.45. The summed E-state index contributed by atoms with van der Waals surface area (Å²) in [6.07, 6.45) is 4.40. The number of pyridine rings is 1. The van der Waals surface area contributed by atoms with Crippen LogP contribution in [0.2, 0.25) is 0 Å². The van der Waals surface area contributed by atoms with Gasteiger partial charge in [-0.2, -0.15) is 0 Å². The van der Waals surface area contributed by atoms with E-state index in [1.807, 2.05) is 25.1 Å². The maximum Gasteiger partial charge on any atom is 0.240 e. The van der Waals surface area contributed by atoms with Crippen molar-refractivity contribution in [3.63, 3.8) is 0 Å². The van der Waals surface area contributed by atoms with Crippen LogP contribution in [0.5, 0.6) is 0 Å². The van der Waals surface area contributed by atoms with Crippen molar-refractivity contribution in [1.82, 2.24) is 29.1 Å². The second-order valence-corrected chi connectivity index (χ2v) is 15.5. The Morgan fingerprint density at radius 1 is 0.860 bits per heavy atom. The molecule has 1 aliphatic rings. The molecule has 1 aliphatic heterocycles. The van der Waals surface area contributed by atoms with Crippen LogP contribution in [0.15, 0.2) is 108 Å². The maximum atomic E-state index is 13.3. The van der Waals surface area contributed by atoms with E-state index in [-0.39, 0.29) is 16.9 Å². The van der Waals surface area contributed by atoms with Gasteiger partial charge in [-0.3, -0.25) is 14.8 Å². The van der Waals surface area contributed by atoms with Crippen molar-refractivity contribution >= 4 is 21.1 Å². The van der Waals surface area contributed by atoms with Crippen LogP contribution in [0.25, 0.3) is 11.0 Å². The number of nitrogens with one attached hydrogen (secondary N) is 1. The summed E-state index contributed by atoms with van der Waals surface area (Å²) in [7, 11) is -3.66. The summed E-state index contributed by atoms with van der Waals surface area (Å²) in [5.74, 6) is 1.41. The van der Waals surface area contributed by atoms with E-state index in [4.69, 9.17) is 4.74 Å². The maximum absolute atomic E-state index is 13.3. The molecule has 5 aromatic rings. The van der Waals surface area contributed by atoms with Gasteiger partial charge in [-0.1, -0.05) is 86.6 Å². The number of fused-ring (bicyclic) bond motifs is 1. The fourth-order valence-corrected chi connectivity index (χ4v) is 8.14. The SMILES string of the molecule is Cc1nc2cnccc2n1Cc1ccc(S(=O)(=O)NC[C@@H](COCCN2CCN(C(c3ccccc3)c3ccccc3)CC2)CC(C)C)cc1. The molecule has 1 N–H and O–H groups in total. The topological polar surface area (TPSA) is 92.6 Å². The van der Waals surface area contributed by atoms with Gasteiger partial charge < -0.3 is 9.30 Å². The third-order valence-electron chi connectivity index (χ3n) is 9.59. The average molecular weight is 695 g/mol. The van der Waals surface area contributed by atoms with E-state index in [9.17, 15) is 8.42 Å². The minimum atomic E-state index is -3.66. The fraction of sp³-hybridized carbons (Fsp3) is 0.400. The molecule has 0 spiro atoms. The number of piperazine rings is 1. The molecule has 2 aromatic heterocycles. The van der Waals surface area contributed by atoms with E-state index in [1.165, 1.54) is 11.1 Å². The molecule has 0 radical (unpaired) electrons. The summed E-state index contributed by atoms with van der Waals surface area (Å²) in [6.45, 7) is 13.2. The van der Waals surface area contributed by atoms with Crippen LogP contribution in [0.4, 0.5) is 0 Å². The van der Waals surface area contributed by atoms with Crippen molar-refractivity contribution in [1.29, 1.82) is 0 Å². The molecule has 1 saturated heterocycles. The van der Waals surface area contributed by atoms with Crippen LogP contribution in [-0.2, 0) is 21.3 Å². The molecular weight excluding hydrogens is 645 g/mol. The van der Waals surface area contributed by atoms with E-state index < -0.39 is 10.0 Å². The van der Waals surface area contributed by atoms with Gasteiger partial charge in [0.2, 0.25) is 10.0 Å². The van der Waals surface area contributed by atoms with E-state index in [1.54, 1.807) is 24.5 Å². The first kappa shape index (κ1) is 35.9. The quantitative estimate of drug-likeness (QED) is 0.124. The van der Waals surface area contributed by atoms with Crippen molar-refractivity contribution in [3.05, 3.63) is 126 Å². The van der Waals surface area contributed by atoms with Crippen molar-refractivity contribution in [2.75, 3.05) is 52.5 Å². The Balaban J connectivity index is 0.967. The zero-order valence-corrected chi connectivity index (χ0v) is 30.3. The van der Waals surface area contributed by atoms with Crippen molar-refractivity contribution in [2.24, 2.45) is 11.8 Å². The highest BCUT2D eigenvalue weighted by Gasteiger charge is 2.26. The number of aromatic nitrogens is 3. The normalized spacial score (nSPS) is 15.3. The highest BCUT2D eigenvalue weighted by atomic mass is 32.2. The molecule has 50 heavy (non-hydrogen) atoms. The molecule has 0 unspecified atom stereocenters. The molecule has 9 nitrogen and oxygen atoms in total. The molecule has 0 bridgehead atoms. The van der Waals surface area contributed by atoms with Crippen LogP contribution >= 0.6 is 0 Å². The summed E-state index contributed by atoms with van der Waals surface area (Å²) in [6, 6.07) is 30.9. The third kappa shape index (κ3) is 9.24. The Labute approximate surface area is 297 Å². The Morgan fingerprint density at radius 2 is 1.52 bits per heavy atom. The van der Waals surface area contributed by atoms with Gasteiger partial charge in [-0.05, 0) is 60.1 Å². The number of ether oxygens (including phenoxy) is 1. The van der Waals surface area contributed by atoms with Crippen LogP contribution in [-0.4, -0.2) is 85.2 Å². The Kier molecular flexibility index (Phi) is 12.1. The van der Waals surface area contributed by atoms with Gasteiger partial charge in [0.15, 0.2) is 0 Å². The number of sulfonamides is 1. The summed E-state index contributed by atoms with van der Waals surface area (Å²) in [5.41, 5.74) is 5.51. The molecule has 3 heterocycles. The lowest BCUT2D eigenvalue weighted by molar-refractivity contribution is 0.0509. The highest BCUT2D eigenvalue weighted by molar-refractivity contribution is 7.89. The smallest absolute Gasteiger partial charge is 0.240 e. The number of aryl methyl sites for hydroxylation is 1.